The lowest BCUT2D eigenvalue weighted by atomic mass is 9.80. The zero-order valence-corrected chi connectivity index (χ0v) is 12.8. The highest BCUT2D eigenvalue weighted by atomic mass is 19.1. The molecule has 0 bridgehead atoms. The number of halogens is 1. The summed E-state index contributed by atoms with van der Waals surface area (Å²) in [5.41, 5.74) is 6.28. The van der Waals surface area contributed by atoms with Crippen LogP contribution < -0.4 is 5.73 Å². The summed E-state index contributed by atoms with van der Waals surface area (Å²) in [7, 11) is 0. The molecule has 114 valence electrons. The van der Waals surface area contributed by atoms with Crippen molar-refractivity contribution in [3.63, 3.8) is 0 Å². The van der Waals surface area contributed by atoms with Gasteiger partial charge in [0.2, 0.25) is 0 Å². The molecule has 0 spiro atoms. The van der Waals surface area contributed by atoms with E-state index in [9.17, 15) is 4.39 Å². The number of hydrogen-bond donors (Lipinski definition) is 1. The van der Waals surface area contributed by atoms with E-state index in [0.717, 1.165) is 0 Å². The largest absolute Gasteiger partial charge is 0.320 e. The van der Waals surface area contributed by atoms with Crippen molar-refractivity contribution in [2.45, 2.75) is 24.9 Å². The van der Waals surface area contributed by atoms with Crippen molar-refractivity contribution in [1.82, 2.24) is 4.90 Å². The molecule has 2 nitrogen and oxygen atoms in total. The fourth-order valence-corrected chi connectivity index (χ4v) is 2.63. The molecule has 2 N–H and O–H groups in total. The number of nitrogens with two attached hydrogens (primary N) is 1. The summed E-state index contributed by atoms with van der Waals surface area (Å²) in [5, 5.41) is 0. The maximum atomic E-state index is 14.2. The van der Waals surface area contributed by atoms with Gasteiger partial charge in [-0.15, -0.1) is 19.7 Å². The molecule has 0 radical (unpaired) electrons. The Morgan fingerprint density at radius 3 is 2.24 bits per heavy atom. The minimum atomic E-state index is -0.848. The monoisotopic (exact) mass is 288 g/mol. The van der Waals surface area contributed by atoms with Crippen LogP contribution in [0.25, 0.3) is 0 Å². The lowest BCUT2D eigenvalue weighted by molar-refractivity contribution is 0.156. The molecule has 1 aromatic rings. The van der Waals surface area contributed by atoms with Crippen LogP contribution in [0, 0.1) is 5.82 Å². The van der Waals surface area contributed by atoms with Crippen LogP contribution >= 0.6 is 0 Å². The zero-order chi connectivity index (χ0) is 15.9. The molecule has 0 aliphatic rings. The van der Waals surface area contributed by atoms with E-state index in [2.05, 4.69) is 24.6 Å². The Balaban J connectivity index is 3.25. The van der Waals surface area contributed by atoms with Crippen LogP contribution in [0.15, 0.2) is 62.2 Å². The third kappa shape index (κ3) is 3.90. The first kappa shape index (κ1) is 17.3. The molecular weight excluding hydrogens is 263 g/mol. The van der Waals surface area contributed by atoms with Crippen molar-refractivity contribution in [2.24, 2.45) is 5.73 Å². The van der Waals surface area contributed by atoms with E-state index in [1.807, 2.05) is 19.1 Å². The van der Waals surface area contributed by atoms with Crippen molar-refractivity contribution in [2.75, 3.05) is 13.1 Å². The normalized spacial score (nSPS) is 15.2. The van der Waals surface area contributed by atoms with Gasteiger partial charge in [-0.1, -0.05) is 36.4 Å². The number of benzene rings is 1. The van der Waals surface area contributed by atoms with Gasteiger partial charge in [0.15, 0.2) is 0 Å². The summed E-state index contributed by atoms with van der Waals surface area (Å²) in [4.78, 5) is 2.12. The number of nitrogens with zero attached hydrogens (tertiary/aromatic N) is 1. The molecule has 2 unspecified atom stereocenters. The first-order valence-corrected chi connectivity index (χ1v) is 7.11. The number of hydrogen-bond acceptors (Lipinski definition) is 2. The third-order valence-corrected chi connectivity index (χ3v) is 3.88. The molecular formula is C18H25FN2. The van der Waals surface area contributed by atoms with Crippen molar-refractivity contribution in [3.05, 3.63) is 73.6 Å². The second kappa shape index (κ2) is 7.91. The molecule has 3 heteroatoms. The Morgan fingerprint density at radius 1 is 1.19 bits per heavy atom. The van der Waals surface area contributed by atoms with E-state index >= 15 is 0 Å². The van der Waals surface area contributed by atoms with Gasteiger partial charge in [0, 0.05) is 24.7 Å². The van der Waals surface area contributed by atoms with Crippen LogP contribution in [0.3, 0.4) is 0 Å². The molecule has 0 saturated heterocycles. The molecule has 0 aliphatic carbocycles. The van der Waals surface area contributed by atoms with Gasteiger partial charge in [0.05, 0.1) is 5.54 Å². The average molecular weight is 288 g/mol. The number of rotatable bonds is 9. The van der Waals surface area contributed by atoms with Crippen LogP contribution in [0.4, 0.5) is 4.39 Å². The maximum absolute atomic E-state index is 14.2. The maximum Gasteiger partial charge on any atom is 0.128 e. The Kier molecular flexibility index (Phi) is 6.53. The molecule has 1 rings (SSSR count). The van der Waals surface area contributed by atoms with Crippen molar-refractivity contribution < 1.29 is 4.39 Å². The molecule has 0 aliphatic heterocycles. The molecule has 0 saturated carbocycles. The smallest absolute Gasteiger partial charge is 0.128 e. The highest BCUT2D eigenvalue weighted by Gasteiger charge is 2.37. The lowest BCUT2D eigenvalue weighted by Gasteiger charge is -2.41. The topological polar surface area (TPSA) is 29.3 Å². The fraction of sp³-hybridized carbons (Fsp3) is 0.333. The second-order valence-corrected chi connectivity index (χ2v) is 5.22. The molecule has 0 aromatic heterocycles. The van der Waals surface area contributed by atoms with Crippen molar-refractivity contribution in [3.8, 4) is 0 Å². The quantitative estimate of drug-likeness (QED) is 0.703. The molecule has 1 aromatic carbocycles. The SMILES string of the molecule is C=CCN(CC=C)C(C)C(N)(CC=C)c1ccccc1F. The Morgan fingerprint density at radius 2 is 1.76 bits per heavy atom. The first-order valence-electron chi connectivity index (χ1n) is 7.11. The van der Waals surface area contributed by atoms with Crippen molar-refractivity contribution >= 4 is 0 Å². The summed E-state index contributed by atoms with van der Waals surface area (Å²) in [6, 6.07) is 6.57. The van der Waals surface area contributed by atoms with Crippen molar-refractivity contribution in [1.29, 1.82) is 0 Å². The van der Waals surface area contributed by atoms with E-state index in [1.54, 1.807) is 24.3 Å². The van der Waals surface area contributed by atoms with E-state index < -0.39 is 5.54 Å². The first-order chi connectivity index (χ1) is 10.0. The summed E-state index contributed by atoms with van der Waals surface area (Å²) in [6.45, 7) is 14.6. The fourth-order valence-electron chi connectivity index (χ4n) is 2.63. The third-order valence-electron chi connectivity index (χ3n) is 3.88. The van der Waals surface area contributed by atoms with Gasteiger partial charge in [0.1, 0.15) is 5.82 Å². The summed E-state index contributed by atoms with van der Waals surface area (Å²) in [6.07, 6.45) is 5.86. The molecule has 21 heavy (non-hydrogen) atoms. The van der Waals surface area contributed by atoms with Gasteiger partial charge in [-0.25, -0.2) is 4.39 Å². The summed E-state index contributed by atoms with van der Waals surface area (Å²) < 4.78 is 14.2. The predicted octanol–water partition coefficient (Wildman–Crippen LogP) is 3.62. The summed E-state index contributed by atoms with van der Waals surface area (Å²) in [5.74, 6) is -0.286. The van der Waals surface area contributed by atoms with Gasteiger partial charge in [-0.3, -0.25) is 4.90 Å². The van der Waals surface area contributed by atoms with Gasteiger partial charge in [0.25, 0.3) is 0 Å². The van der Waals surface area contributed by atoms with Gasteiger partial charge < -0.3 is 5.73 Å². The predicted molar refractivity (Wildman–Crippen MR) is 88.5 cm³/mol. The highest BCUT2D eigenvalue weighted by molar-refractivity contribution is 5.29. The second-order valence-electron chi connectivity index (χ2n) is 5.22. The van der Waals surface area contributed by atoms with Gasteiger partial charge in [-0.2, -0.15) is 0 Å². The van der Waals surface area contributed by atoms with Crippen LogP contribution in [-0.4, -0.2) is 24.0 Å². The average Bonchev–Trinajstić information content (AvgIpc) is 2.47. The standard InChI is InChI=1S/C18H25FN2/c1-5-12-18(20,16-10-8-9-11-17(16)19)15(4)21(13-6-2)14-7-3/h5-11,15H,1-3,12-14,20H2,4H3. The highest BCUT2D eigenvalue weighted by Crippen LogP contribution is 2.31. The molecule has 0 heterocycles. The lowest BCUT2D eigenvalue weighted by Crippen LogP contribution is -2.55. The Hall–Kier alpha value is -1.71. The Labute approximate surface area is 127 Å². The van der Waals surface area contributed by atoms with Gasteiger partial charge in [-0.05, 0) is 19.4 Å². The Bertz CT molecular complexity index is 488. The minimum absolute atomic E-state index is 0.0941. The van der Waals surface area contributed by atoms with Crippen LogP contribution in [0.1, 0.15) is 18.9 Å². The van der Waals surface area contributed by atoms with E-state index in [-0.39, 0.29) is 11.9 Å². The van der Waals surface area contributed by atoms with Crippen LogP contribution in [0.2, 0.25) is 0 Å². The molecule has 0 amide bonds. The van der Waals surface area contributed by atoms with Gasteiger partial charge >= 0.3 is 0 Å². The molecule has 2 atom stereocenters. The van der Waals surface area contributed by atoms with E-state index in [1.165, 1.54) is 6.07 Å². The molecule has 0 fully saturated rings. The van der Waals surface area contributed by atoms with E-state index in [4.69, 9.17) is 5.73 Å². The summed E-state index contributed by atoms with van der Waals surface area (Å²) >= 11 is 0. The van der Waals surface area contributed by atoms with Crippen LogP contribution in [0.5, 0.6) is 0 Å². The zero-order valence-electron chi connectivity index (χ0n) is 12.8. The van der Waals surface area contributed by atoms with E-state index in [0.29, 0.717) is 25.1 Å². The van der Waals surface area contributed by atoms with Crippen LogP contribution in [-0.2, 0) is 5.54 Å². The minimum Gasteiger partial charge on any atom is -0.320 e.